The Bertz CT molecular complexity index is 507. The van der Waals surface area contributed by atoms with Gasteiger partial charge in [0.2, 0.25) is 5.91 Å². The van der Waals surface area contributed by atoms with E-state index in [1.807, 2.05) is 0 Å². The van der Waals surface area contributed by atoms with E-state index in [2.05, 4.69) is 5.32 Å². The predicted molar refractivity (Wildman–Crippen MR) is 74.9 cm³/mol. The van der Waals surface area contributed by atoms with Crippen LogP contribution in [0.2, 0.25) is 0 Å². The summed E-state index contributed by atoms with van der Waals surface area (Å²) in [6.07, 6.45) is 6.12. The van der Waals surface area contributed by atoms with Crippen molar-refractivity contribution in [1.29, 1.82) is 0 Å². The largest absolute Gasteiger partial charge is 0.505 e. The van der Waals surface area contributed by atoms with Crippen molar-refractivity contribution in [2.24, 2.45) is 5.92 Å². The molecule has 0 spiro atoms. The molecule has 0 unspecified atom stereocenters. The van der Waals surface area contributed by atoms with Crippen molar-refractivity contribution in [3.05, 3.63) is 23.8 Å². The second-order valence-corrected chi connectivity index (χ2v) is 5.26. The van der Waals surface area contributed by atoms with Crippen LogP contribution in [0.25, 0.3) is 0 Å². The van der Waals surface area contributed by atoms with E-state index < -0.39 is 11.7 Å². The molecule has 0 bridgehead atoms. The molecule has 5 nitrogen and oxygen atoms in total. The lowest BCUT2D eigenvalue weighted by Crippen LogP contribution is -2.18. The number of amides is 1. The van der Waals surface area contributed by atoms with Gasteiger partial charge in [0.1, 0.15) is 5.56 Å². The number of anilines is 1. The molecule has 0 atom stereocenters. The van der Waals surface area contributed by atoms with Gasteiger partial charge in [-0.25, -0.2) is 4.79 Å². The summed E-state index contributed by atoms with van der Waals surface area (Å²) >= 11 is 0. The number of carbonyl (C=O) groups excluding carboxylic acids is 1. The fourth-order valence-corrected chi connectivity index (χ4v) is 2.67. The van der Waals surface area contributed by atoms with Gasteiger partial charge in [-0.05, 0) is 30.9 Å². The summed E-state index contributed by atoms with van der Waals surface area (Å²) in [5.74, 6) is -1.38. The molecule has 0 aliphatic heterocycles. The van der Waals surface area contributed by atoms with Gasteiger partial charge < -0.3 is 15.5 Å². The molecule has 5 heteroatoms. The Labute approximate surface area is 117 Å². The minimum absolute atomic E-state index is 0.158. The fourth-order valence-electron chi connectivity index (χ4n) is 2.67. The first kappa shape index (κ1) is 14.4. The lowest BCUT2D eigenvalue weighted by atomic mass is 9.87. The van der Waals surface area contributed by atoms with Crippen LogP contribution in [0, 0.1) is 5.92 Å². The number of phenols is 1. The highest BCUT2D eigenvalue weighted by Crippen LogP contribution is 2.29. The van der Waals surface area contributed by atoms with Gasteiger partial charge in [0.05, 0.1) is 5.69 Å². The summed E-state index contributed by atoms with van der Waals surface area (Å²) in [4.78, 5) is 22.8. The number of nitrogens with one attached hydrogen (secondary N) is 1. The van der Waals surface area contributed by atoms with E-state index in [1.165, 1.54) is 24.6 Å². The normalized spacial score (nSPS) is 15.8. The van der Waals surface area contributed by atoms with Crippen molar-refractivity contribution in [2.45, 2.75) is 38.5 Å². The van der Waals surface area contributed by atoms with Crippen molar-refractivity contribution >= 4 is 17.6 Å². The van der Waals surface area contributed by atoms with Gasteiger partial charge in [-0.2, -0.15) is 0 Å². The van der Waals surface area contributed by atoms with Gasteiger partial charge in [0.15, 0.2) is 5.75 Å². The Balaban J connectivity index is 2.00. The number of carboxylic acids is 1. The molecule has 3 N–H and O–H groups in total. The van der Waals surface area contributed by atoms with Gasteiger partial charge in [0, 0.05) is 6.42 Å². The maximum absolute atomic E-state index is 11.9. The third kappa shape index (κ3) is 3.50. The van der Waals surface area contributed by atoms with Crippen molar-refractivity contribution in [3.63, 3.8) is 0 Å². The quantitative estimate of drug-likeness (QED) is 0.738. The van der Waals surface area contributed by atoms with E-state index in [4.69, 9.17) is 5.11 Å². The highest BCUT2D eigenvalue weighted by atomic mass is 16.4. The van der Waals surface area contributed by atoms with Crippen molar-refractivity contribution < 1.29 is 19.8 Å². The summed E-state index contributed by atoms with van der Waals surface area (Å²) in [5, 5.41) is 21.3. The summed E-state index contributed by atoms with van der Waals surface area (Å²) < 4.78 is 0. The molecule has 20 heavy (non-hydrogen) atoms. The number of hydrogen-bond acceptors (Lipinski definition) is 3. The van der Waals surface area contributed by atoms with Crippen molar-refractivity contribution in [2.75, 3.05) is 5.32 Å². The van der Waals surface area contributed by atoms with Crippen LogP contribution in [0.3, 0.4) is 0 Å². The highest BCUT2D eigenvalue weighted by molar-refractivity contribution is 5.97. The summed E-state index contributed by atoms with van der Waals surface area (Å²) in [7, 11) is 0. The first-order valence-electron chi connectivity index (χ1n) is 6.93. The van der Waals surface area contributed by atoms with Crippen LogP contribution in [0.15, 0.2) is 18.2 Å². The van der Waals surface area contributed by atoms with Gasteiger partial charge in [-0.1, -0.05) is 25.3 Å². The standard InChI is InChI=1S/C15H19NO4/c17-13(9-10-5-2-1-3-6-10)16-12-8-4-7-11(14(12)18)15(19)20/h4,7-8,10,18H,1-3,5-6,9H2,(H,16,17)(H,19,20). The summed E-state index contributed by atoms with van der Waals surface area (Å²) in [5.41, 5.74) is -0.0498. The lowest BCUT2D eigenvalue weighted by molar-refractivity contribution is -0.117. The SMILES string of the molecule is O=C(CC1CCCCC1)Nc1cccc(C(=O)O)c1O. The number of aromatic hydroxyl groups is 1. The molecular formula is C15H19NO4. The number of aromatic carboxylic acids is 1. The first-order chi connectivity index (χ1) is 9.58. The average Bonchev–Trinajstić information content (AvgIpc) is 2.42. The Morgan fingerprint density at radius 2 is 1.90 bits per heavy atom. The van der Waals surface area contributed by atoms with Crippen molar-refractivity contribution in [1.82, 2.24) is 0 Å². The fraction of sp³-hybridized carbons (Fsp3) is 0.467. The molecule has 0 saturated heterocycles. The third-order valence-corrected chi connectivity index (χ3v) is 3.74. The summed E-state index contributed by atoms with van der Waals surface area (Å²) in [6, 6.07) is 4.30. The molecule has 2 rings (SSSR count). The van der Waals surface area contributed by atoms with Crippen LogP contribution in [0.1, 0.15) is 48.9 Å². The molecule has 0 radical (unpaired) electrons. The van der Waals surface area contributed by atoms with Crippen LogP contribution >= 0.6 is 0 Å². The van der Waals surface area contributed by atoms with Gasteiger partial charge in [-0.3, -0.25) is 4.79 Å². The molecule has 1 aromatic rings. The summed E-state index contributed by atoms with van der Waals surface area (Å²) in [6.45, 7) is 0. The van der Waals surface area contributed by atoms with Crippen LogP contribution < -0.4 is 5.32 Å². The van der Waals surface area contributed by atoms with Gasteiger partial charge in [-0.15, -0.1) is 0 Å². The smallest absolute Gasteiger partial charge is 0.339 e. The first-order valence-corrected chi connectivity index (χ1v) is 6.93. The topological polar surface area (TPSA) is 86.6 Å². The van der Waals surface area contributed by atoms with Crippen LogP contribution in [0.4, 0.5) is 5.69 Å². The molecule has 1 aliphatic rings. The number of para-hydroxylation sites is 1. The molecule has 1 aliphatic carbocycles. The Morgan fingerprint density at radius 3 is 2.55 bits per heavy atom. The zero-order chi connectivity index (χ0) is 14.5. The number of hydrogen-bond donors (Lipinski definition) is 3. The minimum atomic E-state index is -1.22. The molecule has 1 saturated carbocycles. The molecule has 0 heterocycles. The van der Waals surface area contributed by atoms with E-state index >= 15 is 0 Å². The van der Waals surface area contributed by atoms with Gasteiger partial charge in [0.25, 0.3) is 0 Å². The lowest BCUT2D eigenvalue weighted by Gasteiger charge is -2.21. The second kappa shape index (κ2) is 6.41. The minimum Gasteiger partial charge on any atom is -0.505 e. The van der Waals surface area contributed by atoms with Crippen LogP contribution in [0.5, 0.6) is 5.75 Å². The zero-order valence-corrected chi connectivity index (χ0v) is 11.3. The molecular weight excluding hydrogens is 258 g/mol. The second-order valence-electron chi connectivity index (χ2n) is 5.26. The molecule has 1 aromatic carbocycles. The molecule has 108 valence electrons. The van der Waals surface area contributed by atoms with Gasteiger partial charge >= 0.3 is 5.97 Å². The van der Waals surface area contributed by atoms with E-state index in [0.29, 0.717) is 12.3 Å². The molecule has 1 amide bonds. The van der Waals surface area contributed by atoms with E-state index in [1.54, 1.807) is 0 Å². The van der Waals surface area contributed by atoms with E-state index in [0.717, 1.165) is 25.7 Å². The van der Waals surface area contributed by atoms with Crippen LogP contribution in [-0.2, 0) is 4.79 Å². The Kier molecular flexibility index (Phi) is 4.61. The Morgan fingerprint density at radius 1 is 1.20 bits per heavy atom. The number of benzene rings is 1. The highest BCUT2D eigenvalue weighted by Gasteiger charge is 2.19. The number of rotatable bonds is 4. The average molecular weight is 277 g/mol. The predicted octanol–water partition coefficient (Wildman–Crippen LogP) is 3.00. The molecule has 0 aromatic heterocycles. The maximum atomic E-state index is 11.9. The van der Waals surface area contributed by atoms with Crippen LogP contribution in [-0.4, -0.2) is 22.1 Å². The van der Waals surface area contributed by atoms with Crippen molar-refractivity contribution in [3.8, 4) is 5.75 Å². The Hall–Kier alpha value is -2.04. The zero-order valence-electron chi connectivity index (χ0n) is 11.3. The molecule has 1 fully saturated rings. The monoisotopic (exact) mass is 277 g/mol. The number of carbonyl (C=O) groups is 2. The maximum Gasteiger partial charge on any atom is 0.339 e. The third-order valence-electron chi connectivity index (χ3n) is 3.74. The van der Waals surface area contributed by atoms with E-state index in [9.17, 15) is 14.7 Å². The van der Waals surface area contributed by atoms with E-state index in [-0.39, 0.29) is 17.2 Å². The number of carboxylic acid groups (broad SMARTS) is 1.